The fourth-order valence-corrected chi connectivity index (χ4v) is 2.78. The summed E-state index contributed by atoms with van der Waals surface area (Å²) >= 11 is 0. The van der Waals surface area contributed by atoms with Crippen molar-refractivity contribution >= 4 is 16.9 Å². The Labute approximate surface area is 134 Å². The van der Waals surface area contributed by atoms with Crippen LogP contribution in [-0.4, -0.2) is 28.8 Å². The average molecular weight is 309 g/mol. The van der Waals surface area contributed by atoms with Crippen LogP contribution in [0.15, 0.2) is 54.6 Å². The minimum atomic E-state index is -1.17. The second kappa shape index (κ2) is 6.67. The Balaban J connectivity index is 2.05. The van der Waals surface area contributed by atoms with E-state index in [2.05, 4.69) is 4.98 Å². The number of H-pyrrole nitrogens is 1. The molecule has 0 aliphatic carbocycles. The number of carbonyl (C=O) groups is 1. The van der Waals surface area contributed by atoms with Gasteiger partial charge in [0.05, 0.1) is 6.61 Å². The molecule has 0 fully saturated rings. The van der Waals surface area contributed by atoms with E-state index < -0.39 is 12.1 Å². The highest BCUT2D eigenvalue weighted by Gasteiger charge is 2.21. The van der Waals surface area contributed by atoms with Crippen molar-refractivity contribution in [3.63, 3.8) is 0 Å². The van der Waals surface area contributed by atoms with Crippen LogP contribution in [0, 0.1) is 0 Å². The summed E-state index contributed by atoms with van der Waals surface area (Å²) in [5, 5.41) is 11.2. The monoisotopic (exact) mass is 309 g/mol. The van der Waals surface area contributed by atoms with E-state index in [1.54, 1.807) is 6.92 Å². The van der Waals surface area contributed by atoms with E-state index in [0.717, 1.165) is 27.7 Å². The van der Waals surface area contributed by atoms with Gasteiger partial charge in [-0.2, -0.15) is 0 Å². The molecule has 0 bridgehead atoms. The van der Waals surface area contributed by atoms with Crippen LogP contribution < -0.4 is 0 Å². The highest BCUT2D eigenvalue weighted by Crippen LogP contribution is 2.31. The number of nitrogens with one attached hydrogen (secondary N) is 1. The van der Waals surface area contributed by atoms with Gasteiger partial charge in [0.1, 0.15) is 0 Å². The number of fused-ring (bicyclic) bond motifs is 1. The summed E-state index contributed by atoms with van der Waals surface area (Å²) in [6.45, 7) is 1.99. The number of hydrogen-bond donors (Lipinski definition) is 2. The minimum absolute atomic E-state index is 0.215. The zero-order valence-electron chi connectivity index (χ0n) is 13.0. The lowest BCUT2D eigenvalue weighted by atomic mass is 10.00. The second-order valence-electron chi connectivity index (χ2n) is 5.36. The highest BCUT2D eigenvalue weighted by atomic mass is 16.5. The first-order chi connectivity index (χ1) is 11.2. The Hall–Kier alpha value is -2.59. The van der Waals surface area contributed by atoms with E-state index in [-0.39, 0.29) is 13.0 Å². The third-order valence-corrected chi connectivity index (χ3v) is 3.83. The van der Waals surface area contributed by atoms with Gasteiger partial charge in [-0.15, -0.1) is 0 Å². The van der Waals surface area contributed by atoms with Crippen molar-refractivity contribution in [1.29, 1.82) is 0 Å². The molecular formula is C19H19NO3. The Kier molecular flexibility index (Phi) is 4.44. The molecule has 1 aromatic heterocycles. The molecule has 2 aromatic carbocycles. The number of aromatic nitrogens is 1. The van der Waals surface area contributed by atoms with Crippen LogP contribution >= 0.6 is 0 Å². The Morgan fingerprint density at radius 3 is 2.57 bits per heavy atom. The standard InChI is InChI=1S/C19H19NO3/c1-2-23-19(22)17(21)12-15-14-10-6-7-11-16(14)20-18(15)13-8-4-3-5-9-13/h3-11,17,20-21H,2,12H2,1H3. The summed E-state index contributed by atoms with van der Waals surface area (Å²) in [5.41, 5.74) is 3.86. The molecule has 1 atom stereocenters. The molecule has 4 nitrogen and oxygen atoms in total. The van der Waals surface area contributed by atoms with Gasteiger partial charge in [0.2, 0.25) is 0 Å². The lowest BCUT2D eigenvalue weighted by Crippen LogP contribution is -2.25. The predicted octanol–water partition coefficient (Wildman–Crippen LogP) is 3.30. The third kappa shape index (κ3) is 3.12. The smallest absolute Gasteiger partial charge is 0.335 e. The molecule has 0 saturated heterocycles. The summed E-state index contributed by atoms with van der Waals surface area (Å²) in [5.74, 6) is -0.586. The number of aromatic amines is 1. The first kappa shape index (κ1) is 15.3. The lowest BCUT2D eigenvalue weighted by Gasteiger charge is -2.11. The first-order valence-electron chi connectivity index (χ1n) is 7.70. The normalized spacial score (nSPS) is 12.3. The molecule has 4 heteroatoms. The Bertz CT molecular complexity index is 808. The number of para-hydroxylation sites is 1. The van der Waals surface area contributed by atoms with Crippen LogP contribution in [-0.2, 0) is 16.0 Å². The van der Waals surface area contributed by atoms with Crippen LogP contribution in [0.25, 0.3) is 22.2 Å². The lowest BCUT2D eigenvalue weighted by molar-refractivity contribution is -0.152. The van der Waals surface area contributed by atoms with E-state index in [1.165, 1.54) is 0 Å². The molecule has 118 valence electrons. The number of rotatable bonds is 5. The molecule has 0 amide bonds. The summed E-state index contributed by atoms with van der Waals surface area (Å²) in [7, 11) is 0. The molecule has 1 heterocycles. The van der Waals surface area contributed by atoms with E-state index in [0.29, 0.717) is 0 Å². The van der Waals surface area contributed by atoms with Gasteiger partial charge in [-0.05, 0) is 24.1 Å². The van der Waals surface area contributed by atoms with Crippen LogP contribution in [0.5, 0.6) is 0 Å². The largest absolute Gasteiger partial charge is 0.464 e. The van der Waals surface area contributed by atoms with Gasteiger partial charge >= 0.3 is 5.97 Å². The number of esters is 1. The summed E-state index contributed by atoms with van der Waals surface area (Å²) < 4.78 is 4.91. The molecule has 2 N–H and O–H groups in total. The SMILES string of the molecule is CCOC(=O)C(O)Cc1c(-c2ccccc2)[nH]c2ccccc12. The van der Waals surface area contributed by atoms with E-state index in [1.807, 2.05) is 54.6 Å². The first-order valence-corrected chi connectivity index (χ1v) is 7.70. The van der Waals surface area contributed by atoms with Gasteiger partial charge in [-0.25, -0.2) is 4.79 Å². The van der Waals surface area contributed by atoms with Crippen molar-refractivity contribution in [3.8, 4) is 11.3 Å². The fraction of sp³-hybridized carbons (Fsp3) is 0.211. The van der Waals surface area contributed by atoms with Crippen LogP contribution in [0.1, 0.15) is 12.5 Å². The highest BCUT2D eigenvalue weighted by molar-refractivity contribution is 5.91. The number of aliphatic hydroxyl groups excluding tert-OH is 1. The molecule has 23 heavy (non-hydrogen) atoms. The molecule has 0 radical (unpaired) electrons. The molecule has 0 spiro atoms. The second-order valence-corrected chi connectivity index (χ2v) is 5.36. The Morgan fingerprint density at radius 2 is 1.83 bits per heavy atom. The van der Waals surface area contributed by atoms with E-state index in [9.17, 15) is 9.90 Å². The molecule has 0 aliphatic rings. The fourth-order valence-electron chi connectivity index (χ4n) is 2.78. The van der Waals surface area contributed by atoms with Crippen molar-refractivity contribution in [1.82, 2.24) is 4.98 Å². The van der Waals surface area contributed by atoms with Crippen LogP contribution in [0.2, 0.25) is 0 Å². The van der Waals surface area contributed by atoms with E-state index in [4.69, 9.17) is 4.74 Å². The van der Waals surface area contributed by atoms with Crippen LogP contribution in [0.4, 0.5) is 0 Å². The molecule has 0 aliphatic heterocycles. The number of carbonyl (C=O) groups excluding carboxylic acids is 1. The number of aliphatic hydroxyl groups is 1. The molecule has 1 unspecified atom stereocenters. The zero-order valence-corrected chi connectivity index (χ0v) is 13.0. The van der Waals surface area contributed by atoms with Crippen molar-refractivity contribution in [2.45, 2.75) is 19.4 Å². The molecule has 0 saturated carbocycles. The van der Waals surface area contributed by atoms with Crippen molar-refractivity contribution < 1.29 is 14.6 Å². The maximum Gasteiger partial charge on any atom is 0.335 e. The van der Waals surface area contributed by atoms with Gasteiger partial charge in [-0.3, -0.25) is 0 Å². The maximum absolute atomic E-state index is 11.8. The average Bonchev–Trinajstić information content (AvgIpc) is 2.94. The predicted molar refractivity (Wildman–Crippen MR) is 90.1 cm³/mol. The molecule has 3 rings (SSSR count). The van der Waals surface area contributed by atoms with Gasteiger partial charge < -0.3 is 14.8 Å². The third-order valence-electron chi connectivity index (χ3n) is 3.83. The van der Waals surface area contributed by atoms with Gasteiger partial charge in [0.15, 0.2) is 6.10 Å². The number of hydrogen-bond acceptors (Lipinski definition) is 3. The zero-order chi connectivity index (χ0) is 16.2. The number of benzene rings is 2. The van der Waals surface area contributed by atoms with Crippen LogP contribution in [0.3, 0.4) is 0 Å². The Morgan fingerprint density at radius 1 is 1.13 bits per heavy atom. The number of ether oxygens (including phenoxy) is 1. The molecule has 3 aromatic rings. The summed E-state index contributed by atoms with van der Waals surface area (Å²) in [4.78, 5) is 15.2. The molecular weight excluding hydrogens is 290 g/mol. The van der Waals surface area contributed by atoms with Crippen molar-refractivity contribution in [2.24, 2.45) is 0 Å². The quantitative estimate of drug-likeness (QED) is 0.711. The summed E-state index contributed by atoms with van der Waals surface area (Å²) in [6, 6.07) is 17.8. The van der Waals surface area contributed by atoms with Gasteiger partial charge in [0.25, 0.3) is 0 Å². The van der Waals surface area contributed by atoms with Crippen molar-refractivity contribution in [2.75, 3.05) is 6.61 Å². The maximum atomic E-state index is 11.8. The van der Waals surface area contributed by atoms with Crippen molar-refractivity contribution in [3.05, 3.63) is 60.2 Å². The van der Waals surface area contributed by atoms with Gasteiger partial charge in [0, 0.05) is 23.0 Å². The topological polar surface area (TPSA) is 62.3 Å². The van der Waals surface area contributed by atoms with Gasteiger partial charge in [-0.1, -0.05) is 48.5 Å². The van der Waals surface area contributed by atoms with E-state index >= 15 is 0 Å². The summed E-state index contributed by atoms with van der Waals surface area (Å²) in [6.07, 6.45) is -0.954. The minimum Gasteiger partial charge on any atom is -0.464 e.